The molecule has 0 radical (unpaired) electrons. The van der Waals surface area contributed by atoms with Gasteiger partial charge in [0.05, 0.1) is 11.1 Å². The summed E-state index contributed by atoms with van der Waals surface area (Å²) in [6.45, 7) is 6.48. The number of piperazine rings is 1. The van der Waals surface area contributed by atoms with E-state index in [2.05, 4.69) is 46.3 Å². The molecule has 0 bridgehead atoms. The Morgan fingerprint density at radius 3 is 2.36 bits per heavy atom. The molecule has 1 unspecified atom stereocenters. The van der Waals surface area contributed by atoms with E-state index in [4.69, 9.17) is 0 Å². The van der Waals surface area contributed by atoms with Gasteiger partial charge in [-0.2, -0.15) is 0 Å². The molecule has 3 heterocycles. The van der Waals surface area contributed by atoms with Crippen LogP contribution in [-0.4, -0.2) is 65.6 Å². The highest BCUT2D eigenvalue weighted by atomic mass is 16.2. The Bertz CT molecular complexity index is 1150. The van der Waals surface area contributed by atoms with Gasteiger partial charge in [-0.3, -0.25) is 34.3 Å². The zero-order valence-corrected chi connectivity index (χ0v) is 18.5. The van der Waals surface area contributed by atoms with Gasteiger partial charge in [-0.1, -0.05) is 24.3 Å². The molecular weight excluding hydrogens is 420 g/mol. The lowest BCUT2D eigenvalue weighted by Crippen LogP contribution is -2.54. The van der Waals surface area contributed by atoms with Crippen molar-refractivity contribution in [2.75, 3.05) is 31.1 Å². The first-order chi connectivity index (χ1) is 15.9. The predicted molar refractivity (Wildman–Crippen MR) is 122 cm³/mol. The minimum absolute atomic E-state index is 0.115. The van der Waals surface area contributed by atoms with E-state index in [-0.39, 0.29) is 18.7 Å². The molecule has 2 aromatic rings. The molecular formula is C25H26N4O4. The number of nitrogens with one attached hydrogen (secondary N) is 1. The molecule has 2 aromatic carbocycles. The number of nitrogens with zero attached hydrogens (tertiary/aromatic N) is 3. The van der Waals surface area contributed by atoms with E-state index in [1.54, 1.807) is 12.1 Å². The maximum Gasteiger partial charge on any atom is 0.262 e. The average Bonchev–Trinajstić information content (AvgIpc) is 3.05. The topological polar surface area (TPSA) is 90.0 Å². The predicted octanol–water partition coefficient (Wildman–Crippen LogP) is 1.72. The van der Waals surface area contributed by atoms with Crippen LogP contribution in [0.25, 0.3) is 0 Å². The van der Waals surface area contributed by atoms with E-state index in [0.29, 0.717) is 17.7 Å². The molecule has 2 saturated heterocycles. The van der Waals surface area contributed by atoms with Crippen LogP contribution in [0, 0.1) is 6.92 Å². The SMILES string of the molecule is Cc1ccccc1N1CCN(Cc2ccc3c(c2)C(=O)N(C2CCC(=O)NC2=O)C3=O)CC1. The standard InChI is InChI=1S/C25H26N4O4/c1-16-4-2-3-5-20(16)28-12-10-27(11-13-28)15-17-6-7-18-19(14-17)25(33)29(24(18)32)21-8-9-22(30)26-23(21)31/h2-7,14,21H,8-13,15H2,1H3,(H,26,30,31). The van der Waals surface area contributed by atoms with Crippen molar-refractivity contribution in [2.24, 2.45) is 0 Å². The maximum absolute atomic E-state index is 13.0. The number of hydrogen-bond donors (Lipinski definition) is 1. The molecule has 170 valence electrons. The molecule has 0 saturated carbocycles. The summed E-state index contributed by atoms with van der Waals surface area (Å²) in [5.41, 5.74) is 4.16. The van der Waals surface area contributed by atoms with Crippen molar-refractivity contribution >= 4 is 29.3 Å². The number of hydrogen-bond acceptors (Lipinski definition) is 6. The van der Waals surface area contributed by atoms with Crippen molar-refractivity contribution in [3.8, 4) is 0 Å². The Labute approximate surface area is 192 Å². The van der Waals surface area contributed by atoms with Gasteiger partial charge in [0.15, 0.2) is 0 Å². The number of rotatable bonds is 4. The van der Waals surface area contributed by atoms with E-state index >= 15 is 0 Å². The zero-order valence-electron chi connectivity index (χ0n) is 18.5. The molecule has 0 aliphatic carbocycles. The Hall–Kier alpha value is -3.52. The van der Waals surface area contributed by atoms with Gasteiger partial charge in [-0.25, -0.2) is 0 Å². The number of imide groups is 2. The molecule has 1 atom stereocenters. The van der Waals surface area contributed by atoms with Crippen LogP contribution in [-0.2, 0) is 16.1 Å². The summed E-state index contributed by atoms with van der Waals surface area (Å²) in [6, 6.07) is 12.8. The largest absolute Gasteiger partial charge is 0.369 e. The number of carbonyl (C=O) groups is 4. The van der Waals surface area contributed by atoms with Gasteiger partial charge >= 0.3 is 0 Å². The fraction of sp³-hybridized carbons (Fsp3) is 0.360. The summed E-state index contributed by atoms with van der Waals surface area (Å²) in [7, 11) is 0. The van der Waals surface area contributed by atoms with Crippen LogP contribution >= 0.6 is 0 Å². The maximum atomic E-state index is 13.0. The van der Waals surface area contributed by atoms with E-state index in [1.165, 1.54) is 11.3 Å². The molecule has 1 N–H and O–H groups in total. The minimum Gasteiger partial charge on any atom is -0.369 e. The first-order valence-corrected chi connectivity index (χ1v) is 11.3. The average molecular weight is 447 g/mol. The number of benzene rings is 2. The third kappa shape index (κ3) is 3.91. The zero-order chi connectivity index (χ0) is 23.1. The first kappa shape index (κ1) is 21.3. The van der Waals surface area contributed by atoms with Crippen LogP contribution in [0.1, 0.15) is 44.7 Å². The molecule has 33 heavy (non-hydrogen) atoms. The Morgan fingerprint density at radius 2 is 1.64 bits per heavy atom. The lowest BCUT2D eigenvalue weighted by atomic mass is 10.0. The molecule has 3 aliphatic rings. The van der Waals surface area contributed by atoms with Gasteiger partial charge in [0.2, 0.25) is 11.8 Å². The monoisotopic (exact) mass is 446 g/mol. The number of anilines is 1. The van der Waals surface area contributed by atoms with E-state index < -0.39 is 23.8 Å². The summed E-state index contributed by atoms with van der Waals surface area (Å²) in [5.74, 6) is -1.90. The van der Waals surface area contributed by atoms with Crippen LogP contribution in [0.4, 0.5) is 5.69 Å². The summed E-state index contributed by atoms with van der Waals surface area (Å²) in [4.78, 5) is 55.3. The third-order valence-electron chi connectivity index (χ3n) is 6.74. The van der Waals surface area contributed by atoms with Crippen molar-refractivity contribution in [1.29, 1.82) is 0 Å². The smallest absolute Gasteiger partial charge is 0.262 e. The van der Waals surface area contributed by atoms with Crippen molar-refractivity contribution in [1.82, 2.24) is 15.1 Å². The van der Waals surface area contributed by atoms with Gasteiger partial charge in [0.25, 0.3) is 11.8 Å². The molecule has 5 rings (SSSR count). The molecule has 8 nitrogen and oxygen atoms in total. The lowest BCUT2D eigenvalue weighted by Gasteiger charge is -2.36. The summed E-state index contributed by atoms with van der Waals surface area (Å²) in [5, 5.41) is 2.22. The second kappa shape index (κ2) is 8.44. The number of carbonyl (C=O) groups excluding carboxylic acids is 4. The minimum atomic E-state index is -0.937. The van der Waals surface area contributed by atoms with Crippen molar-refractivity contribution in [3.63, 3.8) is 0 Å². The quantitative estimate of drug-likeness (QED) is 0.720. The van der Waals surface area contributed by atoms with Gasteiger partial charge in [0.1, 0.15) is 6.04 Å². The molecule has 4 amide bonds. The van der Waals surface area contributed by atoms with Crippen molar-refractivity contribution in [2.45, 2.75) is 32.4 Å². The number of aryl methyl sites for hydroxylation is 1. The second-order valence-corrected chi connectivity index (χ2v) is 8.88. The highest BCUT2D eigenvalue weighted by Gasteiger charge is 2.44. The van der Waals surface area contributed by atoms with Gasteiger partial charge in [-0.05, 0) is 42.7 Å². The highest BCUT2D eigenvalue weighted by molar-refractivity contribution is 6.23. The normalized spacial score (nSPS) is 21.4. The van der Waals surface area contributed by atoms with Gasteiger partial charge < -0.3 is 4.90 Å². The summed E-state index contributed by atoms with van der Waals surface area (Å²) < 4.78 is 0. The Balaban J connectivity index is 1.26. The fourth-order valence-electron chi connectivity index (χ4n) is 4.94. The molecule has 2 fully saturated rings. The molecule has 0 spiro atoms. The van der Waals surface area contributed by atoms with Crippen LogP contribution in [0.2, 0.25) is 0 Å². The molecule has 0 aromatic heterocycles. The third-order valence-corrected chi connectivity index (χ3v) is 6.74. The van der Waals surface area contributed by atoms with Crippen molar-refractivity contribution < 1.29 is 19.2 Å². The first-order valence-electron chi connectivity index (χ1n) is 11.3. The van der Waals surface area contributed by atoms with E-state index in [9.17, 15) is 19.2 Å². The highest BCUT2D eigenvalue weighted by Crippen LogP contribution is 2.29. The number of para-hydroxylation sites is 1. The lowest BCUT2D eigenvalue weighted by molar-refractivity contribution is -0.136. The second-order valence-electron chi connectivity index (χ2n) is 8.88. The van der Waals surface area contributed by atoms with E-state index in [0.717, 1.165) is 36.6 Å². The summed E-state index contributed by atoms with van der Waals surface area (Å²) >= 11 is 0. The molecule has 8 heteroatoms. The van der Waals surface area contributed by atoms with Gasteiger partial charge in [0, 0.05) is 44.8 Å². The van der Waals surface area contributed by atoms with Crippen LogP contribution in [0.3, 0.4) is 0 Å². The summed E-state index contributed by atoms with van der Waals surface area (Å²) in [6.07, 6.45) is 0.276. The van der Waals surface area contributed by atoms with Crippen molar-refractivity contribution in [3.05, 3.63) is 64.7 Å². The van der Waals surface area contributed by atoms with Crippen LogP contribution in [0.15, 0.2) is 42.5 Å². The number of piperidine rings is 1. The fourth-order valence-corrected chi connectivity index (χ4v) is 4.94. The molecule has 3 aliphatic heterocycles. The Kier molecular flexibility index (Phi) is 5.46. The van der Waals surface area contributed by atoms with Crippen LogP contribution < -0.4 is 10.2 Å². The van der Waals surface area contributed by atoms with Crippen LogP contribution in [0.5, 0.6) is 0 Å². The van der Waals surface area contributed by atoms with E-state index in [1.807, 2.05) is 6.07 Å². The Morgan fingerprint density at radius 1 is 0.909 bits per heavy atom. The number of fused-ring (bicyclic) bond motifs is 1. The van der Waals surface area contributed by atoms with Gasteiger partial charge in [-0.15, -0.1) is 0 Å². The number of amides is 4.